The minimum Gasteiger partial charge on any atom is -0.388 e. The predicted octanol–water partition coefficient (Wildman–Crippen LogP) is 3.04. The molecule has 0 spiro atoms. The van der Waals surface area contributed by atoms with Crippen LogP contribution in [0.4, 0.5) is 22.0 Å². The van der Waals surface area contributed by atoms with Crippen molar-refractivity contribution < 1.29 is 31.5 Å². The molecule has 0 aliphatic carbocycles. The molecule has 0 aliphatic heterocycles. The smallest absolute Gasteiger partial charge is 0.388 e. The van der Waals surface area contributed by atoms with Gasteiger partial charge in [-0.25, -0.2) is 13.8 Å². The Bertz CT molecular complexity index is 430. The molecule has 1 heterocycles. The van der Waals surface area contributed by atoms with Crippen LogP contribution >= 0.6 is 0 Å². The van der Waals surface area contributed by atoms with Gasteiger partial charge in [0.2, 0.25) is 5.88 Å². The van der Waals surface area contributed by atoms with Crippen LogP contribution in [0.5, 0.6) is 5.88 Å². The summed E-state index contributed by atoms with van der Waals surface area (Å²) in [4.78, 5) is 13.8. The Labute approximate surface area is 92.2 Å². The molecule has 1 aromatic heterocycles. The van der Waals surface area contributed by atoms with E-state index in [9.17, 15) is 26.7 Å². The molecule has 0 saturated carbocycles. The highest BCUT2D eigenvalue weighted by molar-refractivity contribution is 5.79. The summed E-state index contributed by atoms with van der Waals surface area (Å²) in [5.74, 6) is -1.02. The molecule has 0 aromatic carbocycles. The highest BCUT2D eigenvalue weighted by Gasteiger charge is 2.32. The van der Waals surface area contributed by atoms with Crippen molar-refractivity contribution in [2.24, 2.45) is 0 Å². The van der Waals surface area contributed by atoms with E-state index in [0.717, 1.165) is 6.92 Å². The van der Waals surface area contributed by atoms with Crippen molar-refractivity contribution in [3.63, 3.8) is 0 Å². The third kappa shape index (κ3) is 3.36. The average Bonchev–Trinajstić information content (AvgIpc) is 2.13. The fraction of sp³-hybridized carbons (Fsp3) is 0.333. The van der Waals surface area contributed by atoms with Gasteiger partial charge in [-0.15, -0.1) is 13.2 Å². The van der Waals surface area contributed by atoms with Gasteiger partial charge in [0, 0.05) is 17.2 Å². The zero-order valence-electron chi connectivity index (χ0n) is 8.39. The summed E-state index contributed by atoms with van der Waals surface area (Å²) in [6.07, 6.45) is -8.00. The fourth-order valence-corrected chi connectivity index (χ4v) is 1.18. The molecule has 0 bridgehead atoms. The van der Waals surface area contributed by atoms with Gasteiger partial charge in [0.25, 0.3) is 6.43 Å². The van der Waals surface area contributed by atoms with E-state index in [4.69, 9.17) is 0 Å². The van der Waals surface area contributed by atoms with E-state index in [-0.39, 0.29) is 12.0 Å². The number of aromatic nitrogens is 1. The first-order chi connectivity index (χ1) is 7.74. The van der Waals surface area contributed by atoms with E-state index < -0.39 is 29.8 Å². The molecule has 0 aliphatic rings. The van der Waals surface area contributed by atoms with Gasteiger partial charge < -0.3 is 4.74 Å². The van der Waals surface area contributed by atoms with Crippen LogP contribution in [0, 0.1) is 6.92 Å². The monoisotopic (exact) mass is 255 g/mol. The molecule has 94 valence electrons. The van der Waals surface area contributed by atoms with Gasteiger partial charge in [0.15, 0.2) is 6.29 Å². The van der Waals surface area contributed by atoms with Crippen molar-refractivity contribution in [1.29, 1.82) is 0 Å². The lowest BCUT2D eigenvalue weighted by atomic mass is 10.1. The van der Waals surface area contributed by atoms with Crippen LogP contribution in [0.2, 0.25) is 0 Å². The van der Waals surface area contributed by atoms with Crippen molar-refractivity contribution >= 4 is 6.29 Å². The van der Waals surface area contributed by atoms with E-state index in [2.05, 4.69) is 9.72 Å². The number of hydrogen-bond donors (Lipinski definition) is 0. The Morgan fingerprint density at radius 2 is 2.00 bits per heavy atom. The Kier molecular flexibility index (Phi) is 3.64. The van der Waals surface area contributed by atoms with Crippen molar-refractivity contribution in [1.82, 2.24) is 4.98 Å². The molecule has 0 unspecified atom stereocenters. The number of hydrogen-bond acceptors (Lipinski definition) is 3. The zero-order chi connectivity index (χ0) is 13.2. The number of alkyl halides is 5. The van der Waals surface area contributed by atoms with Crippen LogP contribution in [0.1, 0.15) is 28.0 Å². The maximum atomic E-state index is 12.5. The van der Waals surface area contributed by atoms with E-state index in [0.29, 0.717) is 6.07 Å². The summed E-state index contributed by atoms with van der Waals surface area (Å²) in [7, 11) is 0. The Morgan fingerprint density at radius 3 is 2.41 bits per heavy atom. The molecule has 0 atom stereocenters. The minimum absolute atomic E-state index is 0.112. The number of carbonyl (C=O) groups is 1. The SMILES string of the molecule is Cc1nc(OC(F)(F)F)cc(C(F)F)c1C=O. The Morgan fingerprint density at radius 1 is 1.41 bits per heavy atom. The molecule has 0 fully saturated rings. The maximum Gasteiger partial charge on any atom is 0.574 e. The Hall–Kier alpha value is -1.73. The van der Waals surface area contributed by atoms with Gasteiger partial charge in [0.05, 0.1) is 5.69 Å². The first-order valence-electron chi connectivity index (χ1n) is 4.25. The van der Waals surface area contributed by atoms with E-state index in [1.54, 1.807) is 0 Å². The van der Waals surface area contributed by atoms with Crippen LogP contribution in [0.3, 0.4) is 0 Å². The molecule has 0 saturated heterocycles. The van der Waals surface area contributed by atoms with E-state index in [1.165, 1.54) is 0 Å². The molecule has 1 aromatic rings. The number of nitrogens with zero attached hydrogens (tertiary/aromatic N) is 1. The number of carbonyl (C=O) groups excluding carboxylic acids is 1. The molecule has 3 nitrogen and oxygen atoms in total. The number of aldehydes is 1. The van der Waals surface area contributed by atoms with Gasteiger partial charge in [-0.3, -0.25) is 4.79 Å². The van der Waals surface area contributed by atoms with Crippen LogP contribution < -0.4 is 4.74 Å². The van der Waals surface area contributed by atoms with Gasteiger partial charge in [-0.1, -0.05) is 0 Å². The topological polar surface area (TPSA) is 39.2 Å². The molecule has 0 amide bonds. The van der Waals surface area contributed by atoms with Gasteiger partial charge >= 0.3 is 6.36 Å². The summed E-state index contributed by atoms with van der Waals surface area (Å²) >= 11 is 0. The average molecular weight is 255 g/mol. The van der Waals surface area contributed by atoms with E-state index >= 15 is 0 Å². The van der Waals surface area contributed by atoms with Crippen molar-refractivity contribution in [3.05, 3.63) is 22.9 Å². The minimum atomic E-state index is -5.03. The summed E-state index contributed by atoms with van der Waals surface area (Å²) in [6.45, 7) is 1.14. The van der Waals surface area contributed by atoms with Gasteiger partial charge in [-0.2, -0.15) is 0 Å². The molecular formula is C9H6F5NO2. The molecule has 17 heavy (non-hydrogen) atoms. The van der Waals surface area contributed by atoms with Crippen LogP contribution in [-0.2, 0) is 0 Å². The Balaban J connectivity index is 3.24. The number of pyridine rings is 1. The van der Waals surface area contributed by atoms with Crippen LogP contribution in [0.15, 0.2) is 6.07 Å². The van der Waals surface area contributed by atoms with Crippen molar-refractivity contribution in [2.45, 2.75) is 19.7 Å². The van der Waals surface area contributed by atoms with Crippen LogP contribution in [-0.4, -0.2) is 17.6 Å². The maximum absolute atomic E-state index is 12.5. The highest BCUT2D eigenvalue weighted by Crippen LogP contribution is 2.29. The second kappa shape index (κ2) is 4.64. The largest absolute Gasteiger partial charge is 0.574 e. The number of halogens is 5. The van der Waals surface area contributed by atoms with E-state index in [1.807, 2.05) is 0 Å². The standard InChI is InChI=1S/C9H6F5NO2/c1-4-6(3-16)5(8(10)11)2-7(15-4)17-9(12,13)14/h2-3,8H,1H3. The molecule has 0 radical (unpaired) electrons. The first kappa shape index (κ1) is 13.3. The number of rotatable bonds is 3. The zero-order valence-corrected chi connectivity index (χ0v) is 8.39. The van der Waals surface area contributed by atoms with Crippen molar-refractivity contribution in [3.8, 4) is 5.88 Å². The second-order valence-electron chi connectivity index (χ2n) is 3.02. The second-order valence-corrected chi connectivity index (χ2v) is 3.02. The number of ether oxygens (including phenoxy) is 1. The summed E-state index contributed by atoms with van der Waals surface area (Å²) in [5, 5.41) is 0. The summed E-state index contributed by atoms with van der Waals surface area (Å²) < 4.78 is 64.0. The lowest BCUT2D eigenvalue weighted by Crippen LogP contribution is -2.18. The number of aryl methyl sites for hydroxylation is 1. The lowest BCUT2D eigenvalue weighted by molar-refractivity contribution is -0.276. The summed E-state index contributed by atoms with van der Waals surface area (Å²) in [5.41, 5.74) is -1.53. The van der Waals surface area contributed by atoms with Gasteiger partial charge in [-0.05, 0) is 6.92 Å². The van der Waals surface area contributed by atoms with Crippen molar-refractivity contribution in [2.75, 3.05) is 0 Å². The quantitative estimate of drug-likeness (QED) is 0.615. The summed E-state index contributed by atoms with van der Waals surface area (Å²) in [6, 6.07) is 0.398. The molecule has 0 N–H and O–H groups in total. The van der Waals surface area contributed by atoms with Crippen LogP contribution in [0.25, 0.3) is 0 Å². The predicted molar refractivity (Wildman–Crippen MR) is 46.0 cm³/mol. The van der Waals surface area contributed by atoms with Gasteiger partial charge in [0.1, 0.15) is 0 Å². The normalized spacial score (nSPS) is 11.7. The lowest BCUT2D eigenvalue weighted by Gasteiger charge is -2.12. The third-order valence-corrected chi connectivity index (χ3v) is 1.83. The molecule has 1 rings (SSSR count). The molecule has 8 heteroatoms. The highest BCUT2D eigenvalue weighted by atomic mass is 19.4. The molecular weight excluding hydrogens is 249 g/mol. The third-order valence-electron chi connectivity index (χ3n) is 1.83. The fourth-order valence-electron chi connectivity index (χ4n) is 1.18. The first-order valence-corrected chi connectivity index (χ1v) is 4.25.